The summed E-state index contributed by atoms with van der Waals surface area (Å²) in [4.78, 5) is 38.1. The lowest BCUT2D eigenvalue weighted by atomic mass is 9.79. The van der Waals surface area contributed by atoms with Gasteiger partial charge in [-0.05, 0) is 20.8 Å². The number of allylic oxidation sites excluding steroid dienone is 2. The predicted molar refractivity (Wildman–Crippen MR) is 97.6 cm³/mol. The number of methoxy groups -OCH3 is 2. The Bertz CT molecular complexity index is 816. The van der Waals surface area contributed by atoms with Gasteiger partial charge < -0.3 is 14.4 Å². The molecule has 1 aliphatic rings. The number of hydrogen-bond donors (Lipinski definition) is 0. The van der Waals surface area contributed by atoms with E-state index < -0.39 is 22.8 Å². The lowest BCUT2D eigenvalue weighted by Gasteiger charge is -2.37. The zero-order valence-corrected chi connectivity index (χ0v) is 15.9. The number of benzene rings is 1. The van der Waals surface area contributed by atoms with Gasteiger partial charge in [-0.25, -0.2) is 9.59 Å². The van der Waals surface area contributed by atoms with Gasteiger partial charge in [0.2, 0.25) is 0 Å². The van der Waals surface area contributed by atoms with Gasteiger partial charge in [-0.3, -0.25) is 10.1 Å². The lowest BCUT2D eigenvalue weighted by Crippen LogP contribution is -2.35. The van der Waals surface area contributed by atoms with E-state index in [-0.39, 0.29) is 22.4 Å². The van der Waals surface area contributed by atoms with Crippen molar-refractivity contribution >= 4 is 17.6 Å². The second kappa shape index (κ2) is 8.03. The van der Waals surface area contributed by atoms with Crippen molar-refractivity contribution in [2.24, 2.45) is 0 Å². The number of esters is 2. The average Bonchev–Trinajstić information content (AvgIpc) is 2.66. The Morgan fingerprint density at radius 2 is 1.56 bits per heavy atom. The Morgan fingerprint density at radius 3 is 1.96 bits per heavy atom. The van der Waals surface area contributed by atoms with Crippen molar-refractivity contribution in [1.82, 2.24) is 4.90 Å². The molecule has 27 heavy (non-hydrogen) atoms. The fraction of sp³-hybridized carbons (Fsp3) is 0.368. The summed E-state index contributed by atoms with van der Waals surface area (Å²) in [6.07, 6.45) is 0. The topological polar surface area (TPSA) is 99.0 Å². The molecule has 144 valence electrons. The van der Waals surface area contributed by atoms with E-state index in [1.165, 1.54) is 32.4 Å². The van der Waals surface area contributed by atoms with Crippen LogP contribution in [0, 0.1) is 10.1 Å². The molecule has 8 heteroatoms. The van der Waals surface area contributed by atoms with Crippen LogP contribution in [0.5, 0.6) is 0 Å². The van der Waals surface area contributed by atoms with Crippen LogP contribution in [0.4, 0.5) is 5.69 Å². The summed E-state index contributed by atoms with van der Waals surface area (Å²) in [6.45, 7) is 5.84. The van der Waals surface area contributed by atoms with Crippen molar-refractivity contribution in [1.29, 1.82) is 0 Å². The minimum absolute atomic E-state index is 0.180. The first-order chi connectivity index (χ1) is 12.8. The van der Waals surface area contributed by atoms with Crippen molar-refractivity contribution in [2.75, 3.05) is 20.8 Å². The second-order valence-electron chi connectivity index (χ2n) is 5.97. The normalized spacial score (nSPS) is 15.1. The first-order valence-electron chi connectivity index (χ1n) is 8.39. The van der Waals surface area contributed by atoms with E-state index in [9.17, 15) is 19.7 Å². The summed E-state index contributed by atoms with van der Waals surface area (Å²) in [5, 5.41) is 11.6. The molecule has 0 bridgehead atoms. The summed E-state index contributed by atoms with van der Waals surface area (Å²) in [6, 6.07) is 6.04. The third-order valence-electron chi connectivity index (χ3n) is 4.74. The molecule has 1 aliphatic heterocycles. The molecular formula is C19H22N2O6. The van der Waals surface area contributed by atoms with Crippen LogP contribution in [0.25, 0.3) is 0 Å². The number of hydrogen-bond acceptors (Lipinski definition) is 7. The van der Waals surface area contributed by atoms with Crippen LogP contribution >= 0.6 is 0 Å². The maximum absolute atomic E-state index is 12.6. The molecule has 0 unspecified atom stereocenters. The second-order valence-corrected chi connectivity index (χ2v) is 5.97. The van der Waals surface area contributed by atoms with Gasteiger partial charge in [0.15, 0.2) is 0 Å². The van der Waals surface area contributed by atoms with E-state index in [2.05, 4.69) is 0 Å². The summed E-state index contributed by atoms with van der Waals surface area (Å²) >= 11 is 0. The monoisotopic (exact) mass is 374 g/mol. The smallest absolute Gasteiger partial charge is 0.336 e. The molecule has 1 aromatic carbocycles. The molecule has 0 amide bonds. The first kappa shape index (κ1) is 20.2. The average molecular weight is 374 g/mol. The largest absolute Gasteiger partial charge is 0.466 e. The van der Waals surface area contributed by atoms with Gasteiger partial charge >= 0.3 is 11.9 Å². The zero-order chi connectivity index (χ0) is 20.3. The van der Waals surface area contributed by atoms with Crippen LogP contribution < -0.4 is 0 Å². The third kappa shape index (κ3) is 3.42. The van der Waals surface area contributed by atoms with E-state index in [4.69, 9.17) is 9.47 Å². The van der Waals surface area contributed by atoms with E-state index in [0.717, 1.165) is 0 Å². The molecule has 0 radical (unpaired) electrons. The molecule has 0 N–H and O–H groups in total. The van der Waals surface area contributed by atoms with Gasteiger partial charge in [-0.15, -0.1) is 0 Å². The maximum Gasteiger partial charge on any atom is 0.336 e. The van der Waals surface area contributed by atoms with Gasteiger partial charge in [-0.1, -0.05) is 18.2 Å². The number of ether oxygens (including phenoxy) is 2. The summed E-state index contributed by atoms with van der Waals surface area (Å²) in [5.74, 6) is -2.26. The molecule has 2 rings (SSSR count). The van der Waals surface area contributed by atoms with E-state index in [1.54, 1.807) is 24.8 Å². The molecule has 8 nitrogen and oxygen atoms in total. The molecule has 0 fully saturated rings. The molecule has 1 aromatic rings. The SMILES string of the molecule is CCN1C(C)=C(C(=O)OC)C(c2ccccc2[N+](=O)[O-])C(C(=O)OC)=C1C. The maximum atomic E-state index is 12.6. The van der Waals surface area contributed by atoms with Crippen molar-refractivity contribution in [3.8, 4) is 0 Å². The number of rotatable bonds is 5. The molecule has 0 atom stereocenters. The van der Waals surface area contributed by atoms with Gasteiger partial charge in [0.05, 0.1) is 36.2 Å². The Morgan fingerprint density at radius 1 is 1.07 bits per heavy atom. The predicted octanol–water partition coefficient (Wildman–Crippen LogP) is 2.91. The highest BCUT2D eigenvalue weighted by molar-refractivity contribution is 6.00. The summed E-state index contributed by atoms with van der Waals surface area (Å²) < 4.78 is 9.87. The summed E-state index contributed by atoms with van der Waals surface area (Å²) in [5.41, 5.74) is 1.57. The molecule has 0 aliphatic carbocycles. The highest BCUT2D eigenvalue weighted by Gasteiger charge is 2.42. The number of carbonyl (C=O) groups is 2. The Kier molecular flexibility index (Phi) is 5.99. The lowest BCUT2D eigenvalue weighted by molar-refractivity contribution is -0.385. The number of nitro groups is 1. The number of carbonyl (C=O) groups excluding carboxylic acids is 2. The minimum Gasteiger partial charge on any atom is -0.466 e. The zero-order valence-electron chi connectivity index (χ0n) is 15.9. The molecule has 0 saturated carbocycles. The number of nitro benzene ring substituents is 1. The highest BCUT2D eigenvalue weighted by atomic mass is 16.6. The van der Waals surface area contributed by atoms with Crippen molar-refractivity contribution in [3.63, 3.8) is 0 Å². The van der Waals surface area contributed by atoms with Gasteiger partial charge in [0, 0.05) is 29.6 Å². The first-order valence-corrected chi connectivity index (χ1v) is 8.39. The van der Waals surface area contributed by atoms with Gasteiger partial charge in [-0.2, -0.15) is 0 Å². The molecular weight excluding hydrogens is 352 g/mol. The van der Waals surface area contributed by atoms with E-state index in [1.807, 2.05) is 6.92 Å². The Labute approximate surface area is 157 Å². The molecule has 0 saturated heterocycles. The van der Waals surface area contributed by atoms with Crippen LogP contribution in [-0.2, 0) is 19.1 Å². The number of para-hydroxylation sites is 1. The van der Waals surface area contributed by atoms with Crippen molar-refractivity contribution < 1.29 is 24.0 Å². The van der Waals surface area contributed by atoms with Gasteiger partial charge in [0.1, 0.15) is 0 Å². The van der Waals surface area contributed by atoms with Crippen LogP contribution in [0.15, 0.2) is 46.8 Å². The Balaban J connectivity index is 2.89. The fourth-order valence-corrected chi connectivity index (χ4v) is 3.54. The van der Waals surface area contributed by atoms with Crippen LogP contribution in [-0.4, -0.2) is 42.5 Å². The van der Waals surface area contributed by atoms with Crippen LogP contribution in [0.3, 0.4) is 0 Å². The third-order valence-corrected chi connectivity index (χ3v) is 4.74. The van der Waals surface area contributed by atoms with Crippen molar-refractivity contribution in [2.45, 2.75) is 26.7 Å². The standard InChI is InChI=1S/C19H22N2O6/c1-6-20-11(2)15(18(22)26-4)17(16(12(20)3)19(23)27-5)13-9-7-8-10-14(13)21(24)25/h7-10,17H,6H2,1-5H3. The minimum atomic E-state index is -0.964. The Hall–Kier alpha value is -3.16. The summed E-state index contributed by atoms with van der Waals surface area (Å²) in [7, 11) is 2.47. The number of nitrogens with zero attached hydrogens (tertiary/aromatic N) is 2. The highest BCUT2D eigenvalue weighted by Crippen LogP contribution is 2.45. The van der Waals surface area contributed by atoms with Crippen molar-refractivity contribution in [3.05, 3.63) is 62.5 Å². The molecule has 1 heterocycles. The van der Waals surface area contributed by atoms with E-state index >= 15 is 0 Å². The quantitative estimate of drug-likeness (QED) is 0.444. The van der Waals surface area contributed by atoms with Crippen LogP contribution in [0.2, 0.25) is 0 Å². The molecule has 0 spiro atoms. The van der Waals surface area contributed by atoms with Gasteiger partial charge in [0.25, 0.3) is 5.69 Å². The fourth-order valence-electron chi connectivity index (χ4n) is 3.54. The van der Waals surface area contributed by atoms with E-state index in [0.29, 0.717) is 17.9 Å². The molecule has 0 aromatic heterocycles. The van der Waals surface area contributed by atoms with Crippen LogP contribution in [0.1, 0.15) is 32.3 Å².